The minimum atomic E-state index is -0.0926. The standard InChI is InChI=1S/C21H22N2O2/c1-14-6-8-15(9-7-14)20(24)18-4-2-3-5-19(18)21(25)23-12-16-10-22-11-17(16)13-23/h2-9,16-17,22H,10-13H2,1H3/t16-,17+. The van der Waals surface area contributed by atoms with Crippen molar-refractivity contribution in [3.05, 3.63) is 70.8 Å². The quantitative estimate of drug-likeness (QED) is 0.878. The second kappa shape index (κ2) is 6.45. The fraction of sp³-hybridized carbons (Fsp3) is 0.333. The molecule has 0 radical (unpaired) electrons. The maximum Gasteiger partial charge on any atom is 0.254 e. The molecule has 0 aliphatic carbocycles. The molecule has 4 nitrogen and oxygen atoms in total. The highest BCUT2D eigenvalue weighted by Gasteiger charge is 2.38. The second-order valence-corrected chi connectivity index (χ2v) is 7.13. The molecule has 128 valence electrons. The summed E-state index contributed by atoms with van der Waals surface area (Å²) in [5.41, 5.74) is 2.74. The summed E-state index contributed by atoms with van der Waals surface area (Å²) in [5, 5.41) is 3.39. The Labute approximate surface area is 147 Å². The molecule has 0 aromatic heterocycles. The van der Waals surface area contributed by atoms with E-state index in [4.69, 9.17) is 0 Å². The van der Waals surface area contributed by atoms with Crippen LogP contribution < -0.4 is 5.32 Å². The molecule has 2 saturated heterocycles. The van der Waals surface area contributed by atoms with Gasteiger partial charge in [-0.05, 0) is 24.8 Å². The number of carbonyl (C=O) groups is 2. The van der Waals surface area contributed by atoms with Gasteiger partial charge in [0.05, 0.1) is 5.56 Å². The van der Waals surface area contributed by atoms with E-state index in [9.17, 15) is 9.59 Å². The highest BCUT2D eigenvalue weighted by molar-refractivity contribution is 6.15. The minimum absolute atomic E-state index is 0.0227. The molecule has 4 heteroatoms. The SMILES string of the molecule is Cc1ccc(C(=O)c2ccccc2C(=O)N2C[C@H]3CNC[C@H]3C2)cc1. The highest BCUT2D eigenvalue weighted by atomic mass is 16.2. The first kappa shape index (κ1) is 16.0. The Morgan fingerprint density at radius 3 is 2.16 bits per heavy atom. The summed E-state index contributed by atoms with van der Waals surface area (Å²) in [4.78, 5) is 27.9. The van der Waals surface area contributed by atoms with Crippen molar-refractivity contribution in [2.24, 2.45) is 11.8 Å². The number of nitrogens with one attached hydrogen (secondary N) is 1. The van der Waals surface area contributed by atoms with E-state index in [0.29, 0.717) is 28.5 Å². The summed E-state index contributed by atoms with van der Waals surface area (Å²) >= 11 is 0. The number of fused-ring (bicyclic) bond motifs is 1. The van der Waals surface area contributed by atoms with Gasteiger partial charge in [-0.15, -0.1) is 0 Å². The summed E-state index contributed by atoms with van der Waals surface area (Å²) in [6.45, 7) is 5.52. The number of benzene rings is 2. The Kier molecular flexibility index (Phi) is 4.14. The van der Waals surface area contributed by atoms with E-state index in [0.717, 1.165) is 31.7 Å². The first-order valence-electron chi connectivity index (χ1n) is 8.84. The topological polar surface area (TPSA) is 49.4 Å². The van der Waals surface area contributed by atoms with Gasteiger partial charge in [0.15, 0.2) is 5.78 Å². The van der Waals surface area contributed by atoms with Crippen LogP contribution in [0, 0.1) is 18.8 Å². The number of aryl methyl sites for hydroxylation is 1. The van der Waals surface area contributed by atoms with Crippen LogP contribution in [0.25, 0.3) is 0 Å². The lowest BCUT2D eigenvalue weighted by atomic mass is 9.97. The van der Waals surface area contributed by atoms with Crippen LogP contribution in [-0.4, -0.2) is 42.8 Å². The van der Waals surface area contributed by atoms with Crippen molar-refractivity contribution < 1.29 is 9.59 Å². The average Bonchev–Trinajstić information content (AvgIpc) is 3.23. The molecule has 2 aromatic rings. The Morgan fingerprint density at radius 1 is 0.920 bits per heavy atom. The van der Waals surface area contributed by atoms with E-state index < -0.39 is 0 Å². The van der Waals surface area contributed by atoms with Crippen LogP contribution in [-0.2, 0) is 0 Å². The predicted molar refractivity (Wildman–Crippen MR) is 96.8 cm³/mol. The first-order valence-corrected chi connectivity index (χ1v) is 8.84. The summed E-state index contributed by atoms with van der Waals surface area (Å²) in [6.07, 6.45) is 0. The molecule has 0 bridgehead atoms. The first-order chi connectivity index (χ1) is 12.1. The van der Waals surface area contributed by atoms with Gasteiger partial charge in [-0.2, -0.15) is 0 Å². The molecule has 4 rings (SSSR count). The number of nitrogens with zero attached hydrogens (tertiary/aromatic N) is 1. The zero-order chi connectivity index (χ0) is 17.4. The summed E-state index contributed by atoms with van der Waals surface area (Å²) in [7, 11) is 0. The van der Waals surface area contributed by atoms with Crippen LogP contribution >= 0.6 is 0 Å². The summed E-state index contributed by atoms with van der Waals surface area (Å²) < 4.78 is 0. The predicted octanol–water partition coefficient (Wildman–Crippen LogP) is 2.52. The molecular weight excluding hydrogens is 312 g/mol. The van der Waals surface area contributed by atoms with E-state index in [1.54, 1.807) is 12.1 Å². The van der Waals surface area contributed by atoms with Crippen LogP contribution in [0.15, 0.2) is 48.5 Å². The van der Waals surface area contributed by atoms with Gasteiger partial charge in [0.2, 0.25) is 0 Å². The Balaban J connectivity index is 1.61. The van der Waals surface area contributed by atoms with Crippen LogP contribution in [0.1, 0.15) is 31.8 Å². The molecule has 0 saturated carbocycles. The van der Waals surface area contributed by atoms with Crippen molar-refractivity contribution in [2.75, 3.05) is 26.2 Å². The van der Waals surface area contributed by atoms with Gasteiger partial charge in [-0.25, -0.2) is 0 Å². The highest BCUT2D eigenvalue weighted by Crippen LogP contribution is 2.28. The molecule has 2 aromatic carbocycles. The number of likely N-dealkylation sites (tertiary alicyclic amines) is 1. The molecule has 2 aliphatic rings. The van der Waals surface area contributed by atoms with Gasteiger partial charge in [-0.1, -0.05) is 48.0 Å². The van der Waals surface area contributed by atoms with Crippen LogP contribution in [0.3, 0.4) is 0 Å². The Bertz CT molecular complexity index is 801. The van der Waals surface area contributed by atoms with E-state index in [1.165, 1.54) is 0 Å². The van der Waals surface area contributed by atoms with Crippen molar-refractivity contribution in [2.45, 2.75) is 6.92 Å². The van der Waals surface area contributed by atoms with E-state index >= 15 is 0 Å². The number of hydrogen-bond acceptors (Lipinski definition) is 3. The van der Waals surface area contributed by atoms with Crippen molar-refractivity contribution >= 4 is 11.7 Å². The lowest BCUT2D eigenvalue weighted by Crippen LogP contribution is -2.32. The number of hydrogen-bond donors (Lipinski definition) is 1. The summed E-state index contributed by atoms with van der Waals surface area (Å²) in [5.74, 6) is 0.975. The van der Waals surface area contributed by atoms with Gasteiger partial charge >= 0.3 is 0 Å². The molecule has 25 heavy (non-hydrogen) atoms. The smallest absolute Gasteiger partial charge is 0.254 e. The number of amides is 1. The molecule has 0 unspecified atom stereocenters. The maximum absolute atomic E-state index is 13.0. The van der Waals surface area contributed by atoms with Gasteiger partial charge in [-0.3, -0.25) is 9.59 Å². The third kappa shape index (κ3) is 2.98. The lowest BCUT2D eigenvalue weighted by Gasteiger charge is -2.19. The molecule has 0 spiro atoms. The van der Waals surface area contributed by atoms with Crippen molar-refractivity contribution in [1.29, 1.82) is 0 Å². The Hall–Kier alpha value is -2.46. The molecule has 1 amide bonds. The molecule has 2 heterocycles. The number of rotatable bonds is 3. The molecule has 2 aliphatic heterocycles. The summed E-state index contributed by atoms with van der Waals surface area (Å²) in [6, 6.07) is 14.7. The second-order valence-electron chi connectivity index (χ2n) is 7.13. The van der Waals surface area contributed by atoms with Gasteiger partial charge in [0, 0.05) is 37.3 Å². The number of ketones is 1. The van der Waals surface area contributed by atoms with Gasteiger partial charge in [0.1, 0.15) is 0 Å². The maximum atomic E-state index is 13.0. The fourth-order valence-electron chi connectivity index (χ4n) is 3.92. The largest absolute Gasteiger partial charge is 0.338 e. The third-order valence-corrected chi connectivity index (χ3v) is 5.39. The van der Waals surface area contributed by atoms with Crippen LogP contribution in [0.2, 0.25) is 0 Å². The molecule has 2 atom stereocenters. The van der Waals surface area contributed by atoms with E-state index in [1.807, 2.05) is 48.2 Å². The zero-order valence-electron chi connectivity index (χ0n) is 14.4. The minimum Gasteiger partial charge on any atom is -0.338 e. The molecule has 1 N–H and O–H groups in total. The molecule has 2 fully saturated rings. The number of carbonyl (C=O) groups excluding carboxylic acids is 2. The lowest BCUT2D eigenvalue weighted by molar-refractivity contribution is 0.0777. The Morgan fingerprint density at radius 2 is 1.52 bits per heavy atom. The van der Waals surface area contributed by atoms with Crippen molar-refractivity contribution in [3.63, 3.8) is 0 Å². The van der Waals surface area contributed by atoms with Crippen LogP contribution in [0.4, 0.5) is 0 Å². The normalized spacial score (nSPS) is 22.0. The van der Waals surface area contributed by atoms with Gasteiger partial charge in [0.25, 0.3) is 5.91 Å². The molecular formula is C21H22N2O2. The van der Waals surface area contributed by atoms with Crippen molar-refractivity contribution in [3.8, 4) is 0 Å². The average molecular weight is 334 g/mol. The van der Waals surface area contributed by atoms with E-state index in [-0.39, 0.29) is 11.7 Å². The fourth-order valence-corrected chi connectivity index (χ4v) is 3.92. The van der Waals surface area contributed by atoms with Crippen LogP contribution in [0.5, 0.6) is 0 Å². The third-order valence-electron chi connectivity index (χ3n) is 5.39. The van der Waals surface area contributed by atoms with E-state index in [2.05, 4.69) is 5.32 Å². The van der Waals surface area contributed by atoms with Crippen molar-refractivity contribution in [1.82, 2.24) is 10.2 Å². The zero-order valence-corrected chi connectivity index (χ0v) is 14.4. The monoisotopic (exact) mass is 334 g/mol. The van der Waals surface area contributed by atoms with Gasteiger partial charge < -0.3 is 10.2 Å².